The zero-order valence-electron chi connectivity index (χ0n) is 51.3. The van der Waals surface area contributed by atoms with Crippen LogP contribution in [0.5, 0.6) is 0 Å². The van der Waals surface area contributed by atoms with Crippen LogP contribution in [0.1, 0.15) is 374 Å². The van der Waals surface area contributed by atoms with Crippen LogP contribution < -0.4 is 0 Å². The highest BCUT2D eigenvalue weighted by atomic mass is 16.6. The first-order valence-electron chi connectivity index (χ1n) is 34.0. The minimum atomic E-state index is -0.778. The SMILES string of the molecule is CCCCCCC/C=C\CCCCCCCC(=O)OCC(COC(=O)CCCCCCCCCCCCCCCCCCC/C=C\CCCCCCCCCC)OC(=O)CCCCCCC/C=C\CCCCCCCC. The molecular formula is C70H130O6. The molecule has 0 saturated heterocycles. The van der Waals surface area contributed by atoms with Gasteiger partial charge in [0.1, 0.15) is 13.2 Å². The fourth-order valence-corrected chi connectivity index (χ4v) is 10.2. The van der Waals surface area contributed by atoms with Crippen LogP contribution in [0.25, 0.3) is 0 Å². The number of carbonyl (C=O) groups is 3. The van der Waals surface area contributed by atoms with E-state index in [1.54, 1.807) is 0 Å². The quantitative estimate of drug-likeness (QED) is 0.0261. The molecule has 0 aromatic carbocycles. The van der Waals surface area contributed by atoms with E-state index in [9.17, 15) is 14.4 Å². The van der Waals surface area contributed by atoms with Crippen LogP contribution in [-0.2, 0) is 28.6 Å². The van der Waals surface area contributed by atoms with E-state index in [2.05, 4.69) is 57.2 Å². The van der Waals surface area contributed by atoms with Gasteiger partial charge in [-0.3, -0.25) is 14.4 Å². The molecule has 76 heavy (non-hydrogen) atoms. The summed E-state index contributed by atoms with van der Waals surface area (Å²) in [5.74, 6) is -0.868. The van der Waals surface area contributed by atoms with E-state index in [-0.39, 0.29) is 31.1 Å². The maximum absolute atomic E-state index is 12.9. The van der Waals surface area contributed by atoms with Gasteiger partial charge in [0.2, 0.25) is 0 Å². The molecule has 0 aromatic heterocycles. The summed E-state index contributed by atoms with van der Waals surface area (Å²) in [7, 11) is 0. The molecule has 1 unspecified atom stereocenters. The number of esters is 3. The second-order valence-corrected chi connectivity index (χ2v) is 23.1. The summed E-state index contributed by atoms with van der Waals surface area (Å²) in [6, 6.07) is 0. The largest absolute Gasteiger partial charge is 0.462 e. The number of hydrogen-bond acceptors (Lipinski definition) is 6. The molecule has 0 radical (unpaired) electrons. The Kier molecular flexibility index (Phi) is 63.1. The van der Waals surface area contributed by atoms with Crippen LogP contribution in [-0.4, -0.2) is 37.2 Å². The molecule has 1 atom stereocenters. The summed E-state index contributed by atoms with van der Waals surface area (Å²) in [5, 5.41) is 0. The zero-order valence-corrected chi connectivity index (χ0v) is 51.3. The average molecular weight is 1070 g/mol. The van der Waals surface area contributed by atoms with Crippen molar-refractivity contribution in [2.24, 2.45) is 0 Å². The smallest absolute Gasteiger partial charge is 0.306 e. The summed E-state index contributed by atoms with van der Waals surface area (Å²) in [6.07, 6.45) is 80.3. The second-order valence-electron chi connectivity index (χ2n) is 23.1. The van der Waals surface area contributed by atoms with E-state index in [1.807, 2.05) is 0 Å². The van der Waals surface area contributed by atoms with Gasteiger partial charge in [-0.1, -0.05) is 295 Å². The van der Waals surface area contributed by atoms with E-state index in [0.717, 1.165) is 70.6 Å². The Bertz CT molecular complexity index is 1270. The molecule has 6 heteroatoms. The van der Waals surface area contributed by atoms with E-state index in [1.165, 1.54) is 263 Å². The molecule has 0 amide bonds. The van der Waals surface area contributed by atoms with Gasteiger partial charge >= 0.3 is 17.9 Å². The third-order valence-corrected chi connectivity index (χ3v) is 15.3. The van der Waals surface area contributed by atoms with Crippen LogP contribution in [0.3, 0.4) is 0 Å². The first kappa shape index (κ1) is 73.6. The van der Waals surface area contributed by atoms with Crippen LogP contribution in [0, 0.1) is 0 Å². The molecule has 0 heterocycles. The summed E-state index contributed by atoms with van der Waals surface area (Å²) >= 11 is 0. The maximum Gasteiger partial charge on any atom is 0.306 e. The number of carbonyl (C=O) groups excluding carboxylic acids is 3. The Hall–Kier alpha value is -2.37. The molecular weight excluding hydrogens is 937 g/mol. The van der Waals surface area contributed by atoms with Gasteiger partial charge in [0.15, 0.2) is 6.10 Å². The normalized spacial score (nSPS) is 12.2. The molecule has 0 N–H and O–H groups in total. The van der Waals surface area contributed by atoms with Crippen molar-refractivity contribution in [1.82, 2.24) is 0 Å². The van der Waals surface area contributed by atoms with Gasteiger partial charge in [0.25, 0.3) is 0 Å². The Balaban J connectivity index is 4.18. The molecule has 0 aliphatic carbocycles. The molecule has 0 aliphatic heterocycles. The van der Waals surface area contributed by atoms with Crippen molar-refractivity contribution in [3.63, 3.8) is 0 Å². The molecule has 0 saturated carbocycles. The van der Waals surface area contributed by atoms with E-state index in [0.29, 0.717) is 19.3 Å². The van der Waals surface area contributed by atoms with E-state index in [4.69, 9.17) is 14.2 Å². The molecule has 6 nitrogen and oxygen atoms in total. The lowest BCUT2D eigenvalue weighted by Crippen LogP contribution is -2.30. The van der Waals surface area contributed by atoms with Gasteiger partial charge < -0.3 is 14.2 Å². The third-order valence-electron chi connectivity index (χ3n) is 15.3. The van der Waals surface area contributed by atoms with Crippen molar-refractivity contribution in [1.29, 1.82) is 0 Å². The van der Waals surface area contributed by atoms with Crippen LogP contribution in [0.2, 0.25) is 0 Å². The molecule has 0 aliphatic rings. The van der Waals surface area contributed by atoms with Crippen molar-refractivity contribution in [2.75, 3.05) is 13.2 Å². The summed E-state index contributed by atoms with van der Waals surface area (Å²) < 4.78 is 16.9. The number of ether oxygens (including phenoxy) is 3. The minimum Gasteiger partial charge on any atom is -0.462 e. The molecule has 446 valence electrons. The summed E-state index contributed by atoms with van der Waals surface area (Å²) in [5.41, 5.74) is 0. The van der Waals surface area contributed by atoms with Gasteiger partial charge in [-0.2, -0.15) is 0 Å². The average Bonchev–Trinajstić information content (AvgIpc) is 3.42. The highest BCUT2D eigenvalue weighted by molar-refractivity contribution is 5.71. The van der Waals surface area contributed by atoms with Crippen molar-refractivity contribution in [2.45, 2.75) is 380 Å². The standard InChI is InChI=1S/C70H130O6/c1-4-7-10-13-16-19-22-25-28-29-30-31-32-33-34-35-36-37-38-39-40-41-43-45-48-51-54-57-60-63-69(72)75-66-67(65-74-68(71)62-59-56-53-50-47-44-27-24-21-18-15-12-9-6-3)76-70(73)64-61-58-55-52-49-46-42-26-23-20-17-14-11-8-5-2/h24,26-27,29-30,42,67H,4-23,25,28,31-41,43-66H2,1-3H3/b27-24-,30-29-,42-26-. The van der Waals surface area contributed by atoms with Gasteiger partial charge in [-0.15, -0.1) is 0 Å². The Morgan fingerprint density at radius 3 is 0.658 bits per heavy atom. The summed E-state index contributed by atoms with van der Waals surface area (Å²) in [6.45, 7) is 6.67. The fraction of sp³-hybridized carbons (Fsp3) is 0.871. The third kappa shape index (κ3) is 62.5. The van der Waals surface area contributed by atoms with Crippen LogP contribution in [0.15, 0.2) is 36.5 Å². The van der Waals surface area contributed by atoms with E-state index >= 15 is 0 Å². The topological polar surface area (TPSA) is 78.9 Å². The number of hydrogen-bond donors (Lipinski definition) is 0. The van der Waals surface area contributed by atoms with E-state index < -0.39 is 6.10 Å². The predicted molar refractivity (Wildman–Crippen MR) is 330 cm³/mol. The second kappa shape index (κ2) is 65.2. The van der Waals surface area contributed by atoms with Crippen molar-refractivity contribution in [3.8, 4) is 0 Å². The van der Waals surface area contributed by atoms with Crippen LogP contribution in [0.4, 0.5) is 0 Å². The minimum absolute atomic E-state index is 0.0741. The summed E-state index contributed by atoms with van der Waals surface area (Å²) in [4.78, 5) is 38.3. The molecule has 0 fully saturated rings. The predicted octanol–water partition coefficient (Wildman–Crippen LogP) is 23.2. The molecule has 0 aromatic rings. The van der Waals surface area contributed by atoms with Crippen LogP contribution >= 0.6 is 0 Å². The Morgan fingerprint density at radius 2 is 0.434 bits per heavy atom. The van der Waals surface area contributed by atoms with Gasteiger partial charge in [-0.05, 0) is 96.3 Å². The first-order valence-corrected chi connectivity index (χ1v) is 34.0. The van der Waals surface area contributed by atoms with Crippen molar-refractivity contribution in [3.05, 3.63) is 36.5 Å². The zero-order chi connectivity index (χ0) is 55.0. The maximum atomic E-state index is 12.9. The monoisotopic (exact) mass is 1070 g/mol. The van der Waals surface area contributed by atoms with Gasteiger partial charge in [-0.25, -0.2) is 0 Å². The number of allylic oxidation sites excluding steroid dienone is 6. The fourth-order valence-electron chi connectivity index (χ4n) is 10.2. The molecule has 0 spiro atoms. The van der Waals surface area contributed by atoms with Gasteiger partial charge in [0, 0.05) is 19.3 Å². The Morgan fingerprint density at radius 1 is 0.250 bits per heavy atom. The van der Waals surface area contributed by atoms with Crippen molar-refractivity contribution < 1.29 is 28.6 Å². The first-order chi connectivity index (χ1) is 37.5. The highest BCUT2D eigenvalue weighted by Gasteiger charge is 2.19. The lowest BCUT2D eigenvalue weighted by Gasteiger charge is -2.18. The highest BCUT2D eigenvalue weighted by Crippen LogP contribution is 2.18. The molecule has 0 bridgehead atoms. The number of unbranched alkanes of at least 4 members (excludes halogenated alkanes) is 46. The van der Waals surface area contributed by atoms with Gasteiger partial charge in [0.05, 0.1) is 0 Å². The molecule has 0 rings (SSSR count). The lowest BCUT2D eigenvalue weighted by molar-refractivity contribution is -0.167. The Labute approximate surface area is 474 Å². The number of rotatable bonds is 63. The lowest BCUT2D eigenvalue weighted by atomic mass is 10.0. The van der Waals surface area contributed by atoms with Crippen molar-refractivity contribution >= 4 is 17.9 Å².